The minimum atomic E-state index is 0.0388. The lowest BCUT2D eigenvalue weighted by Crippen LogP contribution is -2.34. The molecule has 3 heteroatoms. The fourth-order valence-corrected chi connectivity index (χ4v) is 1.67. The lowest BCUT2D eigenvalue weighted by atomic mass is 10.2. The molecule has 0 aliphatic carbocycles. The summed E-state index contributed by atoms with van der Waals surface area (Å²) in [5.41, 5.74) is 1.22. The van der Waals surface area contributed by atoms with Crippen molar-refractivity contribution in [3.05, 3.63) is 29.8 Å². The maximum absolute atomic E-state index is 11.7. The largest absolute Gasteiger partial charge is 0.484 e. The van der Waals surface area contributed by atoms with Gasteiger partial charge in [-0.3, -0.25) is 4.79 Å². The van der Waals surface area contributed by atoms with Crippen molar-refractivity contribution in [2.24, 2.45) is 0 Å². The van der Waals surface area contributed by atoms with Crippen LogP contribution in [0.2, 0.25) is 0 Å². The van der Waals surface area contributed by atoms with Gasteiger partial charge in [-0.15, -0.1) is 0 Å². The second kappa shape index (κ2) is 6.94. The number of carbonyl (C=O) groups excluding carboxylic acids is 1. The number of hydrogen-bond donors (Lipinski definition) is 0. The molecular formula is C14H21NO2. The van der Waals surface area contributed by atoms with Crippen LogP contribution in [0, 0.1) is 0 Å². The topological polar surface area (TPSA) is 29.5 Å². The van der Waals surface area contributed by atoms with Crippen molar-refractivity contribution in [3.8, 4) is 5.75 Å². The molecular weight excluding hydrogens is 214 g/mol. The average Bonchev–Trinajstić information content (AvgIpc) is 2.38. The van der Waals surface area contributed by atoms with Gasteiger partial charge in [0.15, 0.2) is 6.61 Å². The minimum absolute atomic E-state index is 0.0388. The predicted molar refractivity (Wildman–Crippen MR) is 69.2 cm³/mol. The Bertz CT molecular complexity index is 359. The molecule has 0 aromatic heterocycles. The molecule has 3 nitrogen and oxygen atoms in total. The summed E-state index contributed by atoms with van der Waals surface area (Å²) in [7, 11) is 0. The molecule has 0 aliphatic rings. The number of amides is 1. The molecule has 94 valence electrons. The van der Waals surface area contributed by atoms with E-state index in [1.165, 1.54) is 5.56 Å². The van der Waals surface area contributed by atoms with Gasteiger partial charge in [0.2, 0.25) is 0 Å². The van der Waals surface area contributed by atoms with Crippen molar-refractivity contribution < 1.29 is 9.53 Å². The average molecular weight is 235 g/mol. The molecule has 0 radical (unpaired) electrons. The molecule has 0 unspecified atom stereocenters. The summed E-state index contributed by atoms with van der Waals surface area (Å²) in [6.07, 6.45) is 0.973. The molecule has 1 aromatic rings. The Labute approximate surface area is 103 Å². The van der Waals surface area contributed by atoms with Gasteiger partial charge in [0.25, 0.3) is 5.91 Å². The predicted octanol–water partition coefficient (Wildman–Crippen LogP) is 2.50. The Kier molecular flexibility index (Phi) is 5.53. The zero-order chi connectivity index (χ0) is 12.7. The third kappa shape index (κ3) is 4.10. The Morgan fingerprint density at radius 1 is 1.24 bits per heavy atom. The van der Waals surface area contributed by atoms with Crippen molar-refractivity contribution in [1.29, 1.82) is 0 Å². The van der Waals surface area contributed by atoms with Crippen LogP contribution in [0.1, 0.15) is 26.3 Å². The van der Waals surface area contributed by atoms with Crippen LogP contribution in [0.3, 0.4) is 0 Å². The highest BCUT2D eigenvalue weighted by Crippen LogP contribution is 2.13. The van der Waals surface area contributed by atoms with E-state index in [1.807, 2.05) is 32.0 Å². The number of aryl methyl sites for hydroxylation is 1. The molecule has 0 N–H and O–H groups in total. The van der Waals surface area contributed by atoms with Crippen LogP contribution in [0.4, 0.5) is 0 Å². The van der Waals surface area contributed by atoms with Crippen molar-refractivity contribution in [2.75, 3.05) is 19.7 Å². The first-order chi connectivity index (χ1) is 8.21. The van der Waals surface area contributed by atoms with Gasteiger partial charge >= 0.3 is 0 Å². The first kappa shape index (κ1) is 13.6. The number of nitrogens with zero attached hydrogens (tertiary/aromatic N) is 1. The summed E-state index contributed by atoms with van der Waals surface area (Å²) in [6.45, 7) is 7.62. The molecule has 0 saturated carbocycles. The lowest BCUT2D eigenvalue weighted by molar-refractivity contribution is -0.132. The number of carbonyl (C=O) groups is 1. The van der Waals surface area contributed by atoms with Gasteiger partial charge in [-0.05, 0) is 38.0 Å². The summed E-state index contributed by atoms with van der Waals surface area (Å²) >= 11 is 0. The second-order valence-electron chi connectivity index (χ2n) is 3.86. The highest BCUT2D eigenvalue weighted by molar-refractivity contribution is 5.77. The van der Waals surface area contributed by atoms with E-state index in [1.54, 1.807) is 4.90 Å². The fraction of sp³-hybridized carbons (Fsp3) is 0.500. The molecule has 0 aliphatic heterocycles. The lowest BCUT2D eigenvalue weighted by Gasteiger charge is -2.18. The summed E-state index contributed by atoms with van der Waals surface area (Å²) in [4.78, 5) is 13.5. The van der Waals surface area contributed by atoms with E-state index < -0.39 is 0 Å². The minimum Gasteiger partial charge on any atom is -0.484 e. The molecule has 17 heavy (non-hydrogen) atoms. The van der Waals surface area contributed by atoms with Gasteiger partial charge < -0.3 is 9.64 Å². The molecule has 0 heterocycles. The summed E-state index contributed by atoms with van der Waals surface area (Å²) in [5, 5.41) is 0. The van der Waals surface area contributed by atoms with E-state index in [0.717, 1.165) is 25.3 Å². The first-order valence-corrected chi connectivity index (χ1v) is 6.20. The molecule has 0 fully saturated rings. The van der Waals surface area contributed by atoms with Gasteiger partial charge in [0.05, 0.1) is 0 Å². The van der Waals surface area contributed by atoms with Gasteiger partial charge in [0.1, 0.15) is 5.75 Å². The maximum Gasteiger partial charge on any atom is 0.260 e. The number of likely N-dealkylation sites (N-methyl/N-ethyl adjacent to an activating group) is 1. The van der Waals surface area contributed by atoms with Crippen molar-refractivity contribution in [1.82, 2.24) is 4.90 Å². The van der Waals surface area contributed by atoms with Crippen LogP contribution in [0.5, 0.6) is 5.75 Å². The first-order valence-electron chi connectivity index (χ1n) is 6.20. The van der Waals surface area contributed by atoms with E-state index in [0.29, 0.717) is 0 Å². The van der Waals surface area contributed by atoms with Crippen LogP contribution in [-0.2, 0) is 11.2 Å². The third-order valence-corrected chi connectivity index (χ3v) is 2.79. The second-order valence-corrected chi connectivity index (χ2v) is 3.86. The van der Waals surface area contributed by atoms with E-state index in [2.05, 4.69) is 13.0 Å². The quantitative estimate of drug-likeness (QED) is 0.758. The number of rotatable bonds is 6. The van der Waals surface area contributed by atoms with Crippen molar-refractivity contribution in [2.45, 2.75) is 27.2 Å². The highest BCUT2D eigenvalue weighted by Gasteiger charge is 2.09. The van der Waals surface area contributed by atoms with Gasteiger partial charge in [0, 0.05) is 13.1 Å². The van der Waals surface area contributed by atoms with Gasteiger partial charge in [-0.2, -0.15) is 0 Å². The van der Waals surface area contributed by atoms with Crippen LogP contribution in [0.15, 0.2) is 24.3 Å². The van der Waals surface area contributed by atoms with Crippen LogP contribution >= 0.6 is 0 Å². The van der Waals surface area contributed by atoms with Crippen LogP contribution in [-0.4, -0.2) is 30.5 Å². The van der Waals surface area contributed by atoms with Crippen molar-refractivity contribution >= 4 is 5.91 Å². The SMILES string of the molecule is CCc1cccc(OCC(=O)N(CC)CC)c1. The molecule has 0 bridgehead atoms. The number of ether oxygens (including phenoxy) is 1. The smallest absolute Gasteiger partial charge is 0.260 e. The van der Waals surface area contributed by atoms with E-state index >= 15 is 0 Å². The molecule has 1 amide bonds. The van der Waals surface area contributed by atoms with Crippen LogP contribution < -0.4 is 4.74 Å². The summed E-state index contributed by atoms with van der Waals surface area (Å²) in [6, 6.07) is 7.87. The molecule has 0 atom stereocenters. The summed E-state index contributed by atoms with van der Waals surface area (Å²) < 4.78 is 5.50. The van der Waals surface area contributed by atoms with Gasteiger partial charge in [-0.25, -0.2) is 0 Å². The normalized spacial score (nSPS) is 10.1. The van der Waals surface area contributed by atoms with Crippen LogP contribution in [0.25, 0.3) is 0 Å². The number of benzene rings is 1. The zero-order valence-corrected chi connectivity index (χ0v) is 10.9. The Hall–Kier alpha value is -1.51. The monoisotopic (exact) mass is 235 g/mol. The van der Waals surface area contributed by atoms with Gasteiger partial charge in [-0.1, -0.05) is 19.1 Å². The molecule has 1 aromatic carbocycles. The Morgan fingerprint density at radius 2 is 1.94 bits per heavy atom. The maximum atomic E-state index is 11.7. The Morgan fingerprint density at radius 3 is 2.53 bits per heavy atom. The molecule has 0 saturated heterocycles. The third-order valence-electron chi connectivity index (χ3n) is 2.79. The number of hydrogen-bond acceptors (Lipinski definition) is 2. The fourth-order valence-electron chi connectivity index (χ4n) is 1.67. The molecule has 1 rings (SSSR count). The molecule has 0 spiro atoms. The summed E-state index contributed by atoms with van der Waals surface area (Å²) in [5.74, 6) is 0.807. The zero-order valence-electron chi connectivity index (χ0n) is 10.9. The highest BCUT2D eigenvalue weighted by atomic mass is 16.5. The standard InChI is InChI=1S/C14H21NO2/c1-4-12-8-7-9-13(10-12)17-11-14(16)15(5-2)6-3/h7-10H,4-6,11H2,1-3H3. The van der Waals surface area contributed by atoms with E-state index in [9.17, 15) is 4.79 Å². The van der Waals surface area contributed by atoms with E-state index in [-0.39, 0.29) is 12.5 Å². The van der Waals surface area contributed by atoms with E-state index in [4.69, 9.17) is 4.74 Å². The Balaban J connectivity index is 2.52. The van der Waals surface area contributed by atoms with Crippen molar-refractivity contribution in [3.63, 3.8) is 0 Å².